The molecule has 2 amide bonds. The van der Waals surface area contributed by atoms with Gasteiger partial charge >= 0.3 is 0 Å². The van der Waals surface area contributed by atoms with Crippen molar-refractivity contribution in [1.82, 2.24) is 10.2 Å². The molecule has 3 rings (SSSR count). The fourth-order valence-electron chi connectivity index (χ4n) is 2.61. The van der Waals surface area contributed by atoms with E-state index in [9.17, 15) is 9.59 Å². The number of ether oxygens (including phenoxy) is 1. The van der Waals surface area contributed by atoms with Crippen molar-refractivity contribution in [1.29, 1.82) is 0 Å². The normalized spacial score (nSPS) is 15.6. The quantitative estimate of drug-likeness (QED) is 0.363. The Morgan fingerprint density at radius 1 is 1.07 bits per heavy atom. The summed E-state index contributed by atoms with van der Waals surface area (Å²) in [6.45, 7) is 4.22. The minimum Gasteiger partial charge on any atom is -0.488 e. The smallest absolute Gasteiger partial charge is 0.265 e. The zero-order valence-corrected chi connectivity index (χ0v) is 15.4. The van der Waals surface area contributed by atoms with Crippen LogP contribution in [0.1, 0.15) is 11.1 Å². The fraction of sp³-hybridized carbons (Fsp3) is 0.0952. The molecule has 6 heteroatoms. The van der Waals surface area contributed by atoms with E-state index in [2.05, 4.69) is 11.9 Å². The van der Waals surface area contributed by atoms with Crippen LogP contribution in [0.3, 0.4) is 0 Å². The summed E-state index contributed by atoms with van der Waals surface area (Å²) in [6, 6.07) is 17.0. The van der Waals surface area contributed by atoms with E-state index in [1.807, 2.05) is 42.5 Å². The van der Waals surface area contributed by atoms with Crippen molar-refractivity contribution in [2.24, 2.45) is 0 Å². The molecule has 2 aromatic rings. The molecule has 0 aliphatic carbocycles. The molecule has 0 radical (unpaired) electrons. The molecule has 1 fully saturated rings. The summed E-state index contributed by atoms with van der Waals surface area (Å²) in [5.74, 6) is -0.400. The molecular formula is C21H18N2O3S. The molecule has 0 aromatic heterocycles. The lowest BCUT2D eigenvalue weighted by atomic mass is 10.1. The van der Waals surface area contributed by atoms with E-state index >= 15 is 0 Å². The summed E-state index contributed by atoms with van der Waals surface area (Å²) in [7, 11) is 0. The summed E-state index contributed by atoms with van der Waals surface area (Å²) in [4.78, 5) is 26.2. The zero-order chi connectivity index (χ0) is 19.2. The third kappa shape index (κ3) is 4.30. The second-order valence-electron chi connectivity index (χ2n) is 5.83. The highest BCUT2D eigenvalue weighted by atomic mass is 32.1. The molecule has 1 N–H and O–H groups in total. The standard InChI is InChI=1S/C21H18N2O3S/c1-2-12-23-20(25)17(19(24)22-21(23)27)13-16-10-6-7-11-18(16)26-14-15-8-4-3-5-9-15/h2-11,13H,1,12,14H2,(H,22,24,27)/b17-13-. The zero-order valence-electron chi connectivity index (χ0n) is 14.6. The van der Waals surface area contributed by atoms with Crippen LogP contribution < -0.4 is 10.1 Å². The van der Waals surface area contributed by atoms with Gasteiger partial charge in [0, 0.05) is 12.1 Å². The molecule has 0 bridgehead atoms. The number of para-hydroxylation sites is 1. The third-order valence-corrected chi connectivity index (χ3v) is 4.28. The number of benzene rings is 2. The first-order valence-electron chi connectivity index (χ1n) is 8.35. The summed E-state index contributed by atoms with van der Waals surface area (Å²) >= 11 is 5.06. The van der Waals surface area contributed by atoms with E-state index in [0.717, 1.165) is 5.56 Å². The van der Waals surface area contributed by atoms with Crippen molar-refractivity contribution in [2.45, 2.75) is 6.61 Å². The Hall–Kier alpha value is -3.25. The van der Waals surface area contributed by atoms with Crippen LogP contribution in [0.5, 0.6) is 5.75 Å². The first-order valence-corrected chi connectivity index (χ1v) is 8.76. The molecule has 1 heterocycles. The van der Waals surface area contributed by atoms with Gasteiger partial charge in [0.2, 0.25) is 0 Å². The van der Waals surface area contributed by atoms with E-state index < -0.39 is 11.8 Å². The average molecular weight is 378 g/mol. The highest BCUT2D eigenvalue weighted by molar-refractivity contribution is 7.80. The number of hydrogen-bond donors (Lipinski definition) is 1. The second-order valence-corrected chi connectivity index (χ2v) is 6.22. The average Bonchev–Trinajstić information content (AvgIpc) is 2.68. The van der Waals surface area contributed by atoms with Crippen molar-refractivity contribution in [3.63, 3.8) is 0 Å². The summed E-state index contributed by atoms with van der Waals surface area (Å²) < 4.78 is 5.89. The number of nitrogens with one attached hydrogen (secondary N) is 1. The van der Waals surface area contributed by atoms with Crippen molar-refractivity contribution in [2.75, 3.05) is 6.54 Å². The van der Waals surface area contributed by atoms with Gasteiger partial charge in [0.25, 0.3) is 11.8 Å². The van der Waals surface area contributed by atoms with E-state index in [1.54, 1.807) is 18.2 Å². The largest absolute Gasteiger partial charge is 0.488 e. The second kappa shape index (κ2) is 8.42. The van der Waals surface area contributed by atoms with Crippen LogP contribution in [0.4, 0.5) is 0 Å². The molecule has 1 aliphatic rings. The van der Waals surface area contributed by atoms with Gasteiger partial charge in [0.05, 0.1) is 0 Å². The summed E-state index contributed by atoms with van der Waals surface area (Å²) in [6.07, 6.45) is 3.08. The first kappa shape index (κ1) is 18.5. The number of carbonyl (C=O) groups is 2. The van der Waals surface area contributed by atoms with Crippen molar-refractivity contribution < 1.29 is 14.3 Å². The van der Waals surface area contributed by atoms with E-state index in [-0.39, 0.29) is 17.2 Å². The van der Waals surface area contributed by atoms with E-state index in [4.69, 9.17) is 17.0 Å². The van der Waals surface area contributed by atoms with Gasteiger partial charge in [0.1, 0.15) is 17.9 Å². The molecule has 136 valence electrons. The minimum atomic E-state index is -0.525. The number of rotatable bonds is 6. The van der Waals surface area contributed by atoms with Gasteiger partial charge in [-0.25, -0.2) is 0 Å². The van der Waals surface area contributed by atoms with Crippen molar-refractivity contribution >= 4 is 35.2 Å². The van der Waals surface area contributed by atoms with Gasteiger partial charge in [-0.2, -0.15) is 0 Å². The number of hydrogen-bond acceptors (Lipinski definition) is 4. The lowest BCUT2D eigenvalue weighted by Crippen LogP contribution is -2.53. The van der Waals surface area contributed by atoms with Crippen LogP contribution in [0.25, 0.3) is 6.08 Å². The minimum absolute atomic E-state index is 0.00112. The molecule has 1 saturated heterocycles. The number of carbonyl (C=O) groups excluding carboxylic acids is 2. The fourth-order valence-corrected chi connectivity index (χ4v) is 2.86. The summed E-state index contributed by atoms with van der Waals surface area (Å²) in [5.41, 5.74) is 1.66. The first-order chi connectivity index (χ1) is 13.1. The SMILES string of the molecule is C=CCN1C(=O)/C(=C\c2ccccc2OCc2ccccc2)C(=O)NC1=S. The van der Waals surface area contributed by atoms with Crippen LogP contribution in [0, 0.1) is 0 Å². The maximum atomic E-state index is 12.7. The molecule has 27 heavy (non-hydrogen) atoms. The Balaban J connectivity index is 1.87. The molecule has 5 nitrogen and oxygen atoms in total. The topological polar surface area (TPSA) is 58.6 Å². The van der Waals surface area contributed by atoms with Gasteiger partial charge in [-0.3, -0.25) is 19.8 Å². The lowest BCUT2D eigenvalue weighted by molar-refractivity contribution is -0.128. The van der Waals surface area contributed by atoms with Crippen LogP contribution in [0.15, 0.2) is 72.8 Å². The van der Waals surface area contributed by atoms with Gasteiger partial charge in [-0.1, -0.05) is 54.6 Å². The molecule has 0 atom stereocenters. The molecule has 0 unspecified atom stereocenters. The van der Waals surface area contributed by atoms with E-state index in [1.165, 1.54) is 11.0 Å². The van der Waals surface area contributed by atoms with Crippen molar-refractivity contribution in [3.8, 4) is 5.75 Å². The van der Waals surface area contributed by atoms with E-state index in [0.29, 0.717) is 17.9 Å². The van der Waals surface area contributed by atoms with Gasteiger partial charge in [-0.15, -0.1) is 6.58 Å². The van der Waals surface area contributed by atoms with Crippen molar-refractivity contribution in [3.05, 3.63) is 84.0 Å². The maximum Gasteiger partial charge on any atom is 0.265 e. The molecular weight excluding hydrogens is 360 g/mol. The predicted molar refractivity (Wildman–Crippen MR) is 108 cm³/mol. The van der Waals surface area contributed by atoms with Crippen LogP contribution >= 0.6 is 12.2 Å². The monoisotopic (exact) mass is 378 g/mol. The molecule has 0 spiro atoms. The number of amides is 2. The lowest BCUT2D eigenvalue weighted by Gasteiger charge is -2.27. The Morgan fingerprint density at radius 2 is 1.78 bits per heavy atom. The molecule has 1 aliphatic heterocycles. The Bertz CT molecular complexity index is 922. The maximum absolute atomic E-state index is 12.7. The van der Waals surface area contributed by atoms with Gasteiger partial charge in [0.15, 0.2) is 5.11 Å². The van der Waals surface area contributed by atoms with Crippen LogP contribution in [0.2, 0.25) is 0 Å². The Morgan fingerprint density at radius 3 is 2.52 bits per heavy atom. The van der Waals surface area contributed by atoms with Gasteiger partial charge < -0.3 is 4.74 Å². The van der Waals surface area contributed by atoms with Crippen LogP contribution in [-0.2, 0) is 16.2 Å². The Labute approximate surface area is 162 Å². The highest BCUT2D eigenvalue weighted by Crippen LogP contribution is 2.24. The third-order valence-electron chi connectivity index (χ3n) is 3.95. The predicted octanol–water partition coefficient (Wildman–Crippen LogP) is 3.08. The molecule has 2 aromatic carbocycles. The molecule has 0 saturated carbocycles. The van der Waals surface area contributed by atoms with Gasteiger partial charge in [-0.05, 0) is 29.9 Å². The Kier molecular flexibility index (Phi) is 5.78. The number of thiocarbonyl (C=S) groups is 1. The number of nitrogens with zero attached hydrogens (tertiary/aromatic N) is 1. The highest BCUT2D eigenvalue weighted by Gasteiger charge is 2.32. The summed E-state index contributed by atoms with van der Waals surface area (Å²) in [5, 5.41) is 2.61. The van der Waals surface area contributed by atoms with Crippen LogP contribution in [-0.4, -0.2) is 28.4 Å².